The van der Waals surface area contributed by atoms with Crippen molar-refractivity contribution in [2.45, 2.75) is 19.3 Å². The summed E-state index contributed by atoms with van der Waals surface area (Å²) >= 11 is 0. The lowest BCUT2D eigenvalue weighted by molar-refractivity contribution is -0.127. The van der Waals surface area contributed by atoms with Crippen LogP contribution in [0.5, 0.6) is 5.75 Å². The molecule has 3 aromatic rings. The average Bonchev–Trinajstić information content (AvgIpc) is 2.90. The van der Waals surface area contributed by atoms with Crippen LogP contribution in [0.25, 0.3) is 10.8 Å². The van der Waals surface area contributed by atoms with Crippen molar-refractivity contribution in [1.82, 2.24) is 19.8 Å². The second-order valence-corrected chi connectivity index (χ2v) is 8.96. The van der Waals surface area contributed by atoms with E-state index in [1.807, 2.05) is 29.2 Å². The van der Waals surface area contributed by atoms with E-state index in [2.05, 4.69) is 26.8 Å². The number of aromatic hydroxyl groups is 1. The molecule has 0 aliphatic carbocycles. The lowest BCUT2D eigenvalue weighted by Crippen LogP contribution is -2.48. The maximum atomic E-state index is 11.7. The summed E-state index contributed by atoms with van der Waals surface area (Å²) in [6.45, 7) is 8.62. The van der Waals surface area contributed by atoms with Crippen LogP contribution in [0.1, 0.15) is 30.4 Å². The van der Waals surface area contributed by atoms with Crippen molar-refractivity contribution in [2.75, 3.05) is 50.3 Å². The number of hydrogen-bond donors (Lipinski definition) is 4. The van der Waals surface area contributed by atoms with Gasteiger partial charge in [-0.3, -0.25) is 15.1 Å². The fourth-order valence-electron chi connectivity index (χ4n) is 4.48. The number of benzene rings is 2. The van der Waals surface area contributed by atoms with E-state index in [0.29, 0.717) is 16.9 Å². The molecule has 4 rings (SSSR count). The molecule has 1 aliphatic heterocycles. The molecule has 0 spiro atoms. The molecule has 1 amide bonds. The van der Waals surface area contributed by atoms with Crippen LogP contribution in [-0.4, -0.2) is 75.8 Å². The zero-order valence-corrected chi connectivity index (χ0v) is 20.4. The summed E-state index contributed by atoms with van der Waals surface area (Å²) in [7, 11) is 0. The minimum absolute atomic E-state index is 0.0134. The molecule has 5 N–H and O–H groups in total. The molecule has 188 valence electrons. The predicted octanol–water partition coefficient (Wildman–Crippen LogP) is 3.25. The first-order chi connectivity index (χ1) is 17.5. The van der Waals surface area contributed by atoms with Crippen LogP contribution in [0.4, 0.5) is 11.6 Å². The molecule has 1 saturated heterocycles. The van der Waals surface area contributed by atoms with E-state index in [1.54, 1.807) is 12.1 Å². The average molecular weight is 488 g/mol. The molecule has 9 heteroatoms. The number of amides is 1. The van der Waals surface area contributed by atoms with Gasteiger partial charge in [-0.25, -0.2) is 9.97 Å². The number of hydrogen-bond acceptors (Lipinski definition) is 8. The molecule has 0 atom stereocenters. The summed E-state index contributed by atoms with van der Waals surface area (Å²) in [5.41, 5.74) is 7.60. The van der Waals surface area contributed by atoms with Crippen molar-refractivity contribution in [2.24, 2.45) is 0 Å². The minimum atomic E-state index is 0.0134. The molecule has 1 fully saturated rings. The third-order valence-electron chi connectivity index (χ3n) is 6.54. The summed E-state index contributed by atoms with van der Waals surface area (Å²) in [6.07, 6.45) is 5.90. The minimum Gasteiger partial charge on any atom is -0.508 e. The van der Waals surface area contributed by atoms with Crippen molar-refractivity contribution in [3.8, 4) is 5.75 Å². The van der Waals surface area contributed by atoms with Gasteiger partial charge in [0.2, 0.25) is 5.91 Å². The highest BCUT2D eigenvalue weighted by atomic mass is 16.3. The Bertz CT molecular complexity index is 1250. The largest absolute Gasteiger partial charge is 0.508 e. The topological polar surface area (TPSA) is 131 Å². The fraction of sp³-hybridized carbons (Fsp3) is 0.333. The highest BCUT2D eigenvalue weighted by molar-refractivity contribution is 6.17. The molecular formula is C27H33N7O2. The number of carbonyl (C=O) groups excluding carboxylic acids is 1. The van der Waals surface area contributed by atoms with Crippen LogP contribution in [-0.2, 0) is 4.79 Å². The number of carbonyl (C=O) groups is 1. The van der Waals surface area contributed by atoms with Gasteiger partial charge in [-0.05, 0) is 54.4 Å². The van der Waals surface area contributed by atoms with Gasteiger partial charge in [-0.1, -0.05) is 31.2 Å². The number of nitrogens with one attached hydrogen (secondary N) is 2. The van der Waals surface area contributed by atoms with Gasteiger partial charge < -0.3 is 21.1 Å². The Kier molecular flexibility index (Phi) is 8.12. The van der Waals surface area contributed by atoms with Gasteiger partial charge in [0.05, 0.1) is 11.3 Å². The molecule has 0 unspecified atom stereocenters. The number of fused-ring (bicyclic) bond motifs is 1. The molecule has 1 aromatic heterocycles. The molecule has 9 nitrogen and oxygen atoms in total. The van der Waals surface area contributed by atoms with E-state index in [1.165, 1.54) is 12.4 Å². The van der Waals surface area contributed by atoms with Gasteiger partial charge in [0.25, 0.3) is 0 Å². The number of unbranched alkanes of at least 4 members (excludes halogenated alkanes) is 2. The fourth-order valence-corrected chi connectivity index (χ4v) is 4.48. The molecular weight excluding hydrogens is 454 g/mol. The lowest BCUT2D eigenvalue weighted by Gasteiger charge is -2.34. The van der Waals surface area contributed by atoms with E-state index < -0.39 is 0 Å². The molecule has 36 heavy (non-hydrogen) atoms. The zero-order valence-electron chi connectivity index (χ0n) is 20.4. The van der Waals surface area contributed by atoms with Crippen molar-refractivity contribution in [3.05, 3.63) is 66.5 Å². The maximum absolute atomic E-state index is 11.7. The van der Waals surface area contributed by atoms with Gasteiger partial charge in [0.1, 0.15) is 23.7 Å². The normalized spacial score (nSPS) is 14.1. The zero-order chi connectivity index (χ0) is 25.5. The van der Waals surface area contributed by atoms with Crippen molar-refractivity contribution >= 4 is 34.0 Å². The second-order valence-electron chi connectivity index (χ2n) is 8.96. The number of phenols is 1. The number of nitrogens with two attached hydrogens (primary N) is 1. The van der Waals surface area contributed by atoms with Crippen LogP contribution in [0.2, 0.25) is 0 Å². The number of aromatic nitrogens is 2. The molecule has 0 saturated carbocycles. The maximum Gasteiger partial charge on any atom is 0.246 e. The van der Waals surface area contributed by atoms with Gasteiger partial charge >= 0.3 is 0 Å². The predicted molar refractivity (Wildman–Crippen MR) is 144 cm³/mol. The summed E-state index contributed by atoms with van der Waals surface area (Å²) in [6, 6.07) is 10.8. The van der Waals surface area contributed by atoms with E-state index in [4.69, 9.17) is 11.1 Å². The van der Waals surface area contributed by atoms with Crippen molar-refractivity contribution < 1.29 is 9.90 Å². The highest BCUT2D eigenvalue weighted by Gasteiger charge is 2.19. The molecule has 0 radical (unpaired) electrons. The second kappa shape index (κ2) is 11.6. The van der Waals surface area contributed by atoms with Gasteiger partial charge in [0.15, 0.2) is 0 Å². The Morgan fingerprint density at radius 3 is 2.61 bits per heavy atom. The SMILES string of the molecule is C=CC(=O)N1CCN(CCCCCNc2ncnc(N)c2C(=N)c2ccc3cc(O)ccc3c2)CC1. The Morgan fingerprint density at radius 2 is 1.83 bits per heavy atom. The smallest absolute Gasteiger partial charge is 0.246 e. The van der Waals surface area contributed by atoms with E-state index in [9.17, 15) is 9.90 Å². The quantitative estimate of drug-likeness (QED) is 0.196. The van der Waals surface area contributed by atoms with E-state index >= 15 is 0 Å². The summed E-state index contributed by atoms with van der Waals surface area (Å²) in [5, 5.41) is 23.7. The number of piperazine rings is 1. The molecule has 0 bridgehead atoms. The lowest BCUT2D eigenvalue weighted by atomic mass is 9.99. The monoisotopic (exact) mass is 487 g/mol. The van der Waals surface area contributed by atoms with E-state index in [-0.39, 0.29) is 23.2 Å². The summed E-state index contributed by atoms with van der Waals surface area (Å²) in [5.74, 6) is 1.04. The Morgan fingerprint density at radius 1 is 1.08 bits per heavy atom. The van der Waals surface area contributed by atoms with E-state index in [0.717, 1.165) is 69.3 Å². The van der Waals surface area contributed by atoms with Crippen LogP contribution in [0.3, 0.4) is 0 Å². The molecule has 1 aliphatic rings. The Labute approximate surface area is 211 Å². The summed E-state index contributed by atoms with van der Waals surface area (Å²) < 4.78 is 0. The van der Waals surface area contributed by atoms with Crippen LogP contribution < -0.4 is 11.1 Å². The van der Waals surface area contributed by atoms with Crippen LogP contribution in [0, 0.1) is 5.41 Å². The number of nitrogen functional groups attached to an aromatic ring is 1. The number of nitrogens with zero attached hydrogens (tertiary/aromatic N) is 4. The number of phenolic OH excluding ortho intramolecular Hbond substituents is 1. The van der Waals surface area contributed by atoms with Gasteiger partial charge in [-0.2, -0.15) is 0 Å². The number of rotatable bonds is 10. The van der Waals surface area contributed by atoms with Gasteiger partial charge in [-0.15, -0.1) is 0 Å². The first kappa shape index (κ1) is 25.1. The first-order valence-corrected chi connectivity index (χ1v) is 12.3. The Hall–Kier alpha value is -3.98. The van der Waals surface area contributed by atoms with Crippen LogP contribution in [0.15, 0.2) is 55.4 Å². The standard InChI is InChI=1S/C27H33N7O2/c1-2-23(36)34-14-12-33(13-15-34)11-5-3-4-10-30-27-24(26(29)31-18-32-27)25(28)21-7-6-20-17-22(35)9-8-19(20)16-21/h2,6-9,16-18,28,35H,1,3-5,10-15H2,(H3,29,30,31,32). The van der Waals surface area contributed by atoms with Crippen molar-refractivity contribution in [1.29, 1.82) is 5.41 Å². The molecule has 2 heterocycles. The molecule has 2 aromatic carbocycles. The third-order valence-corrected chi connectivity index (χ3v) is 6.54. The highest BCUT2D eigenvalue weighted by Crippen LogP contribution is 2.25. The van der Waals surface area contributed by atoms with Crippen LogP contribution >= 0.6 is 0 Å². The number of anilines is 2. The third kappa shape index (κ3) is 5.98. The first-order valence-electron chi connectivity index (χ1n) is 12.3. The summed E-state index contributed by atoms with van der Waals surface area (Å²) in [4.78, 5) is 24.4. The van der Waals surface area contributed by atoms with Crippen molar-refractivity contribution in [3.63, 3.8) is 0 Å². The van der Waals surface area contributed by atoms with Gasteiger partial charge in [0, 0.05) is 38.3 Å². The Balaban J connectivity index is 1.29.